The van der Waals surface area contributed by atoms with Gasteiger partial charge >= 0.3 is 0 Å². The first-order chi connectivity index (χ1) is 17.8. The molecule has 2 saturated heterocycles. The predicted molar refractivity (Wildman–Crippen MR) is 137 cm³/mol. The topological polar surface area (TPSA) is 47.9 Å². The molecule has 4 rings (SSSR count). The van der Waals surface area contributed by atoms with Crippen LogP contribution < -0.4 is 5.32 Å². The minimum atomic E-state index is -2.70. The van der Waals surface area contributed by atoms with Gasteiger partial charge in [0.05, 0.1) is 5.57 Å². The highest BCUT2D eigenvalue weighted by atomic mass is 19.3. The van der Waals surface area contributed by atoms with Gasteiger partial charge in [-0.15, -0.1) is 0 Å². The Labute approximate surface area is 219 Å². The highest BCUT2D eigenvalue weighted by Gasteiger charge is 2.35. The SMILES string of the molecule is CC1=CC(C)(F)C=C(C(=O)NC2=CCC(C)=CC(N3CCC(F)(F)CC3)=N2)C(N2CCC(=C(F)F)CC2)=C1. The van der Waals surface area contributed by atoms with Gasteiger partial charge in [0.25, 0.3) is 17.9 Å². The molecule has 0 aromatic carbocycles. The van der Waals surface area contributed by atoms with Gasteiger partial charge in [0.15, 0.2) is 0 Å². The Hall–Kier alpha value is -3.17. The molecule has 0 bridgehead atoms. The highest BCUT2D eigenvalue weighted by molar-refractivity contribution is 6.00. The minimum absolute atomic E-state index is 0.0837. The molecule has 1 N–H and O–H groups in total. The van der Waals surface area contributed by atoms with E-state index in [1.807, 2.05) is 17.9 Å². The van der Waals surface area contributed by atoms with Crippen molar-refractivity contribution in [1.82, 2.24) is 15.1 Å². The molecule has 1 amide bonds. The van der Waals surface area contributed by atoms with Crippen LogP contribution in [-0.2, 0) is 4.79 Å². The first kappa shape index (κ1) is 27.9. The van der Waals surface area contributed by atoms with Gasteiger partial charge in [0.1, 0.15) is 17.3 Å². The van der Waals surface area contributed by atoms with Crippen LogP contribution in [0.15, 0.2) is 75.3 Å². The molecule has 3 heterocycles. The molecule has 10 heteroatoms. The Morgan fingerprint density at radius 2 is 1.63 bits per heavy atom. The summed E-state index contributed by atoms with van der Waals surface area (Å²) in [5, 5.41) is 2.78. The fourth-order valence-electron chi connectivity index (χ4n) is 5.05. The monoisotopic (exact) mass is 536 g/mol. The van der Waals surface area contributed by atoms with Crippen molar-refractivity contribution < 1.29 is 26.7 Å². The second-order valence-corrected chi connectivity index (χ2v) is 10.5. The van der Waals surface area contributed by atoms with E-state index < -0.39 is 23.6 Å². The smallest absolute Gasteiger partial charge is 0.269 e. The number of carbonyl (C=O) groups excluding carboxylic acids is 1. The zero-order chi connectivity index (χ0) is 27.7. The first-order valence-corrected chi connectivity index (χ1v) is 12.8. The number of alkyl halides is 3. The van der Waals surface area contributed by atoms with E-state index in [0.29, 0.717) is 23.5 Å². The molecule has 3 aliphatic heterocycles. The number of hydrogen-bond donors (Lipinski definition) is 1. The summed E-state index contributed by atoms with van der Waals surface area (Å²) in [6, 6.07) is 0. The third kappa shape index (κ3) is 6.82. The lowest BCUT2D eigenvalue weighted by Gasteiger charge is -2.33. The summed E-state index contributed by atoms with van der Waals surface area (Å²) in [5.41, 5.74) is 0.287. The molecule has 0 spiro atoms. The molecular weight excluding hydrogens is 503 g/mol. The summed E-state index contributed by atoms with van der Waals surface area (Å²) in [6.45, 7) is 5.79. The number of amidine groups is 1. The molecule has 0 radical (unpaired) electrons. The van der Waals surface area contributed by atoms with Gasteiger partial charge in [0.2, 0.25) is 0 Å². The van der Waals surface area contributed by atoms with Gasteiger partial charge in [-0.25, -0.2) is 18.2 Å². The Kier molecular flexibility index (Phi) is 7.99. The van der Waals surface area contributed by atoms with Gasteiger partial charge in [-0.05, 0) is 81.6 Å². The average molecular weight is 537 g/mol. The predicted octanol–water partition coefficient (Wildman–Crippen LogP) is 6.17. The van der Waals surface area contributed by atoms with Crippen molar-refractivity contribution in [3.8, 4) is 0 Å². The summed E-state index contributed by atoms with van der Waals surface area (Å²) in [5.74, 6) is -2.55. The molecule has 206 valence electrons. The number of allylic oxidation sites excluding steroid dienone is 6. The second-order valence-electron chi connectivity index (χ2n) is 10.5. The van der Waals surface area contributed by atoms with Gasteiger partial charge in [-0.2, -0.15) is 8.78 Å². The van der Waals surface area contributed by atoms with Crippen LogP contribution in [-0.4, -0.2) is 59.3 Å². The lowest BCUT2D eigenvalue weighted by atomic mass is 10.00. The Bertz CT molecular complexity index is 1180. The molecule has 2 fully saturated rings. The van der Waals surface area contributed by atoms with Crippen LogP contribution in [0.2, 0.25) is 0 Å². The van der Waals surface area contributed by atoms with Crippen molar-refractivity contribution in [2.75, 3.05) is 26.2 Å². The van der Waals surface area contributed by atoms with Crippen LogP contribution in [0.3, 0.4) is 0 Å². The zero-order valence-corrected chi connectivity index (χ0v) is 21.9. The normalized spacial score (nSPS) is 26.2. The van der Waals surface area contributed by atoms with Crippen LogP contribution >= 0.6 is 0 Å². The van der Waals surface area contributed by atoms with Crippen LogP contribution in [0.5, 0.6) is 0 Å². The third-order valence-corrected chi connectivity index (χ3v) is 7.08. The van der Waals surface area contributed by atoms with Crippen LogP contribution in [0.25, 0.3) is 0 Å². The fraction of sp³-hybridized carbons (Fsp3) is 0.500. The van der Waals surface area contributed by atoms with Gasteiger partial charge in [-0.1, -0.05) is 5.57 Å². The highest BCUT2D eigenvalue weighted by Crippen LogP contribution is 2.33. The Morgan fingerprint density at radius 1 is 0.974 bits per heavy atom. The number of carbonyl (C=O) groups is 1. The van der Waals surface area contributed by atoms with Crippen LogP contribution in [0.4, 0.5) is 22.0 Å². The third-order valence-electron chi connectivity index (χ3n) is 7.08. The summed E-state index contributed by atoms with van der Waals surface area (Å²) < 4.78 is 68.9. The molecule has 38 heavy (non-hydrogen) atoms. The maximum absolute atomic E-state index is 15.4. The molecule has 0 aromatic rings. The summed E-state index contributed by atoms with van der Waals surface area (Å²) in [6.07, 6.45) is 6.49. The van der Waals surface area contributed by atoms with E-state index >= 15 is 4.39 Å². The average Bonchev–Trinajstić information content (AvgIpc) is 3.09. The van der Waals surface area contributed by atoms with E-state index in [0.717, 1.165) is 5.57 Å². The molecule has 1 unspecified atom stereocenters. The maximum atomic E-state index is 15.4. The number of nitrogens with one attached hydrogen (secondary N) is 1. The molecule has 4 aliphatic rings. The van der Waals surface area contributed by atoms with Crippen LogP contribution in [0, 0.1) is 0 Å². The number of likely N-dealkylation sites (tertiary alicyclic amines) is 2. The maximum Gasteiger partial charge on any atom is 0.269 e. The zero-order valence-electron chi connectivity index (χ0n) is 21.9. The molecule has 0 aromatic heterocycles. The number of amides is 1. The number of rotatable bonds is 3. The largest absolute Gasteiger partial charge is 0.370 e. The summed E-state index contributed by atoms with van der Waals surface area (Å²) in [4.78, 5) is 21.8. The van der Waals surface area contributed by atoms with E-state index in [2.05, 4.69) is 10.3 Å². The quantitative estimate of drug-likeness (QED) is 0.439. The molecule has 1 aliphatic carbocycles. The van der Waals surface area contributed by atoms with E-state index in [1.54, 1.807) is 24.0 Å². The molecule has 1 atom stereocenters. The lowest BCUT2D eigenvalue weighted by molar-refractivity contribution is -0.116. The van der Waals surface area contributed by atoms with E-state index in [4.69, 9.17) is 0 Å². The van der Waals surface area contributed by atoms with Crippen molar-refractivity contribution in [3.05, 3.63) is 70.3 Å². The standard InChI is InChI=1S/C28H33F5N4O/c1-18-4-5-23(34-24(15-18)37-12-8-28(32,33)9-13-37)35-26(38)21-17-27(3,31)16-19(2)14-22(21)36-10-6-20(7-11-36)25(29)30/h5,14-17H,4,6-13H2,1-3H3,(H,35,38). The van der Waals surface area contributed by atoms with Crippen LogP contribution in [0.1, 0.15) is 52.9 Å². The summed E-state index contributed by atoms with van der Waals surface area (Å²) in [7, 11) is 0. The first-order valence-electron chi connectivity index (χ1n) is 12.8. The van der Waals surface area contributed by atoms with Crippen molar-refractivity contribution in [3.63, 3.8) is 0 Å². The van der Waals surface area contributed by atoms with E-state index in [9.17, 15) is 22.4 Å². The van der Waals surface area contributed by atoms with Gasteiger partial charge < -0.3 is 15.1 Å². The minimum Gasteiger partial charge on any atom is -0.370 e. The number of nitrogens with zero attached hydrogens (tertiary/aromatic N) is 3. The lowest BCUT2D eigenvalue weighted by Crippen LogP contribution is -2.42. The number of hydrogen-bond acceptors (Lipinski definition) is 4. The molecular formula is C28H33F5N4O. The van der Waals surface area contributed by atoms with Gasteiger partial charge in [-0.3, -0.25) is 4.79 Å². The van der Waals surface area contributed by atoms with Gasteiger partial charge in [0, 0.05) is 44.7 Å². The number of halogens is 5. The fourth-order valence-corrected chi connectivity index (χ4v) is 5.05. The van der Waals surface area contributed by atoms with E-state index in [-0.39, 0.29) is 68.8 Å². The second kappa shape index (κ2) is 10.9. The van der Waals surface area contributed by atoms with Crippen molar-refractivity contribution in [2.24, 2.45) is 4.99 Å². The van der Waals surface area contributed by atoms with E-state index in [1.165, 1.54) is 19.1 Å². The van der Waals surface area contributed by atoms with Crippen molar-refractivity contribution in [1.29, 1.82) is 0 Å². The summed E-state index contributed by atoms with van der Waals surface area (Å²) >= 11 is 0. The number of piperidine rings is 2. The Balaban J connectivity index is 1.59. The van der Waals surface area contributed by atoms with Crippen molar-refractivity contribution in [2.45, 2.75) is 64.5 Å². The molecule has 0 saturated carbocycles. The van der Waals surface area contributed by atoms with Crippen molar-refractivity contribution >= 4 is 11.7 Å². The Morgan fingerprint density at radius 3 is 2.26 bits per heavy atom. The number of aliphatic imine (C=N–C) groups is 1. The molecule has 5 nitrogen and oxygen atoms in total.